The molecule has 5 nitrogen and oxygen atoms in total. The largest absolute Gasteiger partial charge is 0.497 e. The molecule has 0 bridgehead atoms. The number of carbonyl (C=O) groups excluding carboxylic acids is 1. The van der Waals surface area contributed by atoms with E-state index in [1.165, 1.54) is 13.2 Å². The van der Waals surface area contributed by atoms with Crippen molar-refractivity contribution >= 4 is 16.9 Å². The van der Waals surface area contributed by atoms with Gasteiger partial charge in [-0.1, -0.05) is 24.3 Å². The molecule has 3 rings (SSSR count). The van der Waals surface area contributed by atoms with Gasteiger partial charge in [-0.25, -0.2) is 4.98 Å². The van der Waals surface area contributed by atoms with Crippen LogP contribution in [0.5, 0.6) is 5.75 Å². The van der Waals surface area contributed by atoms with Gasteiger partial charge < -0.3 is 14.6 Å². The van der Waals surface area contributed by atoms with E-state index in [0.717, 1.165) is 10.1 Å². The van der Waals surface area contributed by atoms with Crippen LogP contribution in [0.2, 0.25) is 0 Å². The van der Waals surface area contributed by atoms with Crippen molar-refractivity contribution in [1.82, 2.24) is 14.9 Å². The monoisotopic (exact) mass is 377 g/mol. The van der Waals surface area contributed by atoms with Crippen LogP contribution >= 0.6 is 0 Å². The molecule has 0 radical (unpaired) electrons. The molecule has 142 valence electrons. The number of nitrogens with one attached hydrogen (secondary N) is 1. The number of carbonyl (C=O) groups is 1. The van der Waals surface area contributed by atoms with Gasteiger partial charge in [-0.3, -0.25) is 4.79 Å². The van der Waals surface area contributed by atoms with Crippen LogP contribution in [0.3, 0.4) is 0 Å². The number of aromatic nitrogens is 2. The normalized spacial score (nSPS) is 11.6. The Kier molecular flexibility index (Phi) is 5.34. The van der Waals surface area contributed by atoms with Crippen LogP contribution in [0.4, 0.5) is 13.2 Å². The molecule has 0 spiro atoms. The first-order chi connectivity index (χ1) is 12.9. The maximum absolute atomic E-state index is 13.2. The Labute approximate surface area is 153 Å². The number of ether oxygens (including phenoxy) is 1. The summed E-state index contributed by atoms with van der Waals surface area (Å²) in [7, 11) is 1.53. The van der Waals surface area contributed by atoms with Crippen molar-refractivity contribution in [1.29, 1.82) is 0 Å². The lowest BCUT2D eigenvalue weighted by atomic mass is 10.1. The van der Waals surface area contributed by atoms with E-state index in [1.54, 1.807) is 42.5 Å². The number of methoxy groups -OCH3 is 1. The highest BCUT2D eigenvalue weighted by atomic mass is 19.4. The number of halogens is 3. The summed E-state index contributed by atoms with van der Waals surface area (Å²) in [5.74, 6) is -0.605. The molecular weight excluding hydrogens is 359 g/mol. The van der Waals surface area contributed by atoms with Crippen LogP contribution < -0.4 is 10.1 Å². The molecule has 0 fully saturated rings. The highest BCUT2D eigenvalue weighted by Gasteiger charge is 2.37. The summed E-state index contributed by atoms with van der Waals surface area (Å²) < 4.78 is 45.9. The van der Waals surface area contributed by atoms with Crippen LogP contribution in [0.25, 0.3) is 11.0 Å². The predicted molar refractivity (Wildman–Crippen MR) is 94.4 cm³/mol. The molecule has 1 aromatic heterocycles. The summed E-state index contributed by atoms with van der Waals surface area (Å²) >= 11 is 0. The highest BCUT2D eigenvalue weighted by Crippen LogP contribution is 2.31. The SMILES string of the molecule is COc1cccc(CC(=O)NCCn2c(C(F)(F)F)nc3ccccc32)c1. The average molecular weight is 377 g/mol. The van der Waals surface area contributed by atoms with E-state index in [2.05, 4.69) is 10.3 Å². The zero-order valence-electron chi connectivity index (χ0n) is 14.6. The molecule has 0 aliphatic carbocycles. The fourth-order valence-electron chi connectivity index (χ4n) is 2.86. The molecule has 0 saturated heterocycles. The van der Waals surface area contributed by atoms with Gasteiger partial charge in [0.2, 0.25) is 11.7 Å². The van der Waals surface area contributed by atoms with Crippen LogP contribution in [0.15, 0.2) is 48.5 Å². The Balaban J connectivity index is 1.67. The van der Waals surface area contributed by atoms with E-state index < -0.39 is 12.0 Å². The van der Waals surface area contributed by atoms with Gasteiger partial charge >= 0.3 is 6.18 Å². The number of benzene rings is 2. The van der Waals surface area contributed by atoms with Gasteiger partial charge in [0.05, 0.1) is 24.6 Å². The molecule has 0 saturated carbocycles. The van der Waals surface area contributed by atoms with Crippen molar-refractivity contribution in [3.05, 3.63) is 59.9 Å². The summed E-state index contributed by atoms with van der Waals surface area (Å²) in [6, 6.07) is 13.5. The second-order valence-electron chi connectivity index (χ2n) is 5.95. The first kappa shape index (κ1) is 18.8. The lowest BCUT2D eigenvalue weighted by Gasteiger charge is -2.12. The summed E-state index contributed by atoms with van der Waals surface area (Å²) in [6.45, 7) is 0.0332. The number of fused-ring (bicyclic) bond motifs is 1. The number of amides is 1. The van der Waals surface area contributed by atoms with Crippen molar-refractivity contribution in [2.24, 2.45) is 0 Å². The molecule has 1 N–H and O–H groups in total. The van der Waals surface area contributed by atoms with Gasteiger partial charge in [0.1, 0.15) is 5.75 Å². The molecule has 0 aliphatic rings. The first-order valence-electron chi connectivity index (χ1n) is 8.30. The van der Waals surface area contributed by atoms with Crippen LogP contribution in [0.1, 0.15) is 11.4 Å². The van der Waals surface area contributed by atoms with Crippen LogP contribution in [0, 0.1) is 0 Å². The number of hydrogen-bond acceptors (Lipinski definition) is 3. The molecule has 1 amide bonds. The fourth-order valence-corrected chi connectivity index (χ4v) is 2.86. The minimum absolute atomic E-state index is 0.0286. The molecule has 0 unspecified atom stereocenters. The van der Waals surface area contributed by atoms with E-state index >= 15 is 0 Å². The Morgan fingerprint density at radius 2 is 1.96 bits per heavy atom. The third-order valence-corrected chi connectivity index (χ3v) is 4.06. The Hall–Kier alpha value is -3.03. The van der Waals surface area contributed by atoms with E-state index in [-0.39, 0.29) is 30.9 Å². The van der Waals surface area contributed by atoms with Crippen molar-refractivity contribution in [3.63, 3.8) is 0 Å². The topological polar surface area (TPSA) is 56.1 Å². The quantitative estimate of drug-likeness (QED) is 0.716. The predicted octanol–water partition coefficient (Wildman–Crippen LogP) is 3.42. The van der Waals surface area contributed by atoms with E-state index in [9.17, 15) is 18.0 Å². The lowest BCUT2D eigenvalue weighted by Crippen LogP contribution is -2.29. The van der Waals surface area contributed by atoms with E-state index in [0.29, 0.717) is 11.3 Å². The second-order valence-corrected chi connectivity index (χ2v) is 5.95. The summed E-state index contributed by atoms with van der Waals surface area (Å²) in [6.07, 6.45) is -4.45. The van der Waals surface area contributed by atoms with Gasteiger partial charge in [0.15, 0.2) is 0 Å². The van der Waals surface area contributed by atoms with Crippen molar-refractivity contribution in [2.45, 2.75) is 19.1 Å². The van der Waals surface area contributed by atoms with Crippen LogP contribution in [-0.2, 0) is 23.9 Å². The number of alkyl halides is 3. The molecule has 0 aliphatic heterocycles. The highest BCUT2D eigenvalue weighted by molar-refractivity contribution is 5.79. The Morgan fingerprint density at radius 1 is 1.19 bits per heavy atom. The third kappa shape index (κ3) is 4.39. The molecule has 8 heteroatoms. The fraction of sp³-hybridized carbons (Fsp3) is 0.263. The van der Waals surface area contributed by atoms with Crippen molar-refractivity contribution in [2.75, 3.05) is 13.7 Å². The maximum Gasteiger partial charge on any atom is 0.449 e. The third-order valence-electron chi connectivity index (χ3n) is 4.06. The molecule has 27 heavy (non-hydrogen) atoms. The number of imidazole rings is 1. The zero-order chi connectivity index (χ0) is 19.4. The van der Waals surface area contributed by atoms with Crippen molar-refractivity contribution < 1.29 is 22.7 Å². The maximum atomic E-state index is 13.2. The summed E-state index contributed by atoms with van der Waals surface area (Å²) in [5, 5.41) is 2.65. The van der Waals surface area contributed by atoms with Crippen molar-refractivity contribution in [3.8, 4) is 5.75 Å². The van der Waals surface area contributed by atoms with E-state index in [1.807, 2.05) is 0 Å². The van der Waals surface area contributed by atoms with Gasteiger partial charge in [-0.05, 0) is 29.8 Å². The van der Waals surface area contributed by atoms with Gasteiger partial charge in [-0.2, -0.15) is 13.2 Å². The molecular formula is C19H18F3N3O2. The number of nitrogens with zero attached hydrogens (tertiary/aromatic N) is 2. The average Bonchev–Trinajstić information content (AvgIpc) is 3.01. The van der Waals surface area contributed by atoms with Gasteiger partial charge in [0.25, 0.3) is 0 Å². The molecule has 3 aromatic rings. The molecule has 0 atom stereocenters. The summed E-state index contributed by atoms with van der Waals surface area (Å²) in [4.78, 5) is 15.8. The lowest BCUT2D eigenvalue weighted by molar-refractivity contribution is -0.146. The number of rotatable bonds is 6. The summed E-state index contributed by atoms with van der Waals surface area (Å²) in [5.41, 5.74) is 1.41. The van der Waals surface area contributed by atoms with Gasteiger partial charge in [-0.15, -0.1) is 0 Å². The number of para-hydroxylation sites is 2. The molecule has 2 aromatic carbocycles. The minimum atomic E-state index is -4.57. The minimum Gasteiger partial charge on any atom is -0.497 e. The Morgan fingerprint density at radius 3 is 2.70 bits per heavy atom. The van der Waals surface area contributed by atoms with Gasteiger partial charge in [0, 0.05) is 13.1 Å². The standard InChI is InChI=1S/C19H18F3N3O2/c1-27-14-6-4-5-13(11-14)12-17(26)23-9-10-25-16-8-3-2-7-15(16)24-18(25)19(20,21)22/h2-8,11H,9-10,12H2,1H3,(H,23,26). The number of hydrogen-bond donors (Lipinski definition) is 1. The smallest absolute Gasteiger partial charge is 0.449 e. The van der Waals surface area contributed by atoms with E-state index in [4.69, 9.17) is 4.74 Å². The first-order valence-corrected chi connectivity index (χ1v) is 8.30. The van der Waals surface area contributed by atoms with Crippen LogP contribution in [-0.4, -0.2) is 29.1 Å². The second kappa shape index (κ2) is 7.69. The zero-order valence-corrected chi connectivity index (χ0v) is 14.6. The molecule has 1 heterocycles. The Bertz CT molecular complexity index is 951.